The van der Waals surface area contributed by atoms with E-state index in [0.29, 0.717) is 0 Å². The minimum Gasteiger partial charge on any atom is -0.241 e. The molecule has 0 saturated carbocycles. The Balaban J connectivity index is 1.77. The quantitative estimate of drug-likeness (QED) is 0.685. The molecule has 1 aromatic heterocycles. The number of hydrogen-bond donors (Lipinski definition) is 0. The van der Waals surface area contributed by atoms with Gasteiger partial charge in [0.05, 0.1) is 5.69 Å². The Bertz CT molecular complexity index is 682. The maximum Gasteiger partial charge on any atom is 0.0733 e. The summed E-state index contributed by atoms with van der Waals surface area (Å²) in [6.45, 7) is 0. The first-order chi connectivity index (χ1) is 9.93. The zero-order chi connectivity index (χ0) is 13.6. The van der Waals surface area contributed by atoms with Gasteiger partial charge in [0.25, 0.3) is 0 Å². The number of nitrogens with zero attached hydrogens (tertiary/aromatic N) is 2. The minimum atomic E-state index is 0.912. The van der Waals surface area contributed by atoms with Crippen molar-refractivity contribution in [1.29, 1.82) is 0 Å². The van der Waals surface area contributed by atoms with Gasteiger partial charge in [0.1, 0.15) is 0 Å². The van der Waals surface area contributed by atoms with Crippen molar-refractivity contribution in [3.05, 3.63) is 84.6 Å². The monoisotopic (exact) mass is 260 g/mol. The lowest BCUT2D eigenvalue weighted by molar-refractivity contribution is 0.938. The summed E-state index contributed by atoms with van der Waals surface area (Å²) in [7, 11) is 0. The normalized spacial score (nSPS) is 11.0. The maximum absolute atomic E-state index is 4.35. The summed E-state index contributed by atoms with van der Waals surface area (Å²) in [6.07, 6.45) is 6.90. The first kappa shape index (κ1) is 12.4. The summed E-state index contributed by atoms with van der Waals surface area (Å²) in [6, 6.07) is 22.7. The van der Waals surface area contributed by atoms with Crippen LogP contribution in [0.1, 0.15) is 5.56 Å². The lowest BCUT2D eigenvalue weighted by Gasteiger charge is -2.02. The lowest BCUT2D eigenvalue weighted by Crippen LogP contribution is -1.92. The Morgan fingerprint density at radius 2 is 1.55 bits per heavy atom. The molecule has 0 aliphatic carbocycles. The Hall–Kier alpha value is -2.61. The summed E-state index contributed by atoms with van der Waals surface area (Å²) >= 11 is 0. The van der Waals surface area contributed by atoms with E-state index in [9.17, 15) is 0 Å². The third-order valence-corrected chi connectivity index (χ3v) is 3.18. The largest absolute Gasteiger partial charge is 0.241 e. The van der Waals surface area contributed by atoms with Crippen LogP contribution < -0.4 is 0 Å². The second kappa shape index (κ2) is 6.02. The highest BCUT2D eigenvalue weighted by molar-refractivity contribution is 5.61. The van der Waals surface area contributed by atoms with Gasteiger partial charge in [-0.15, -0.1) is 0 Å². The molecular weight excluding hydrogens is 244 g/mol. The molecule has 2 aromatic carbocycles. The van der Waals surface area contributed by atoms with Crippen molar-refractivity contribution in [3.8, 4) is 11.3 Å². The van der Waals surface area contributed by atoms with Gasteiger partial charge in [-0.2, -0.15) is 5.10 Å². The molecule has 0 aliphatic rings. The highest BCUT2D eigenvalue weighted by Crippen LogP contribution is 2.18. The van der Waals surface area contributed by atoms with Crippen LogP contribution in [-0.2, 0) is 6.42 Å². The van der Waals surface area contributed by atoms with Crippen molar-refractivity contribution >= 4 is 6.20 Å². The van der Waals surface area contributed by atoms with Gasteiger partial charge < -0.3 is 0 Å². The predicted molar refractivity (Wildman–Crippen MR) is 83.1 cm³/mol. The van der Waals surface area contributed by atoms with Crippen molar-refractivity contribution in [1.82, 2.24) is 9.78 Å². The van der Waals surface area contributed by atoms with Gasteiger partial charge in [-0.1, -0.05) is 66.7 Å². The molecule has 0 unspecified atom stereocenters. The SMILES string of the molecule is C(=C/n1nccc1-c1ccccc1)/Cc1ccccc1. The van der Waals surface area contributed by atoms with Crippen LogP contribution in [0.3, 0.4) is 0 Å². The molecule has 0 spiro atoms. The molecule has 0 radical (unpaired) electrons. The van der Waals surface area contributed by atoms with Crippen LogP contribution in [0.5, 0.6) is 0 Å². The van der Waals surface area contributed by atoms with Crippen LogP contribution in [0.4, 0.5) is 0 Å². The van der Waals surface area contributed by atoms with Gasteiger partial charge in [-0.3, -0.25) is 0 Å². The number of allylic oxidation sites excluding steroid dienone is 1. The van der Waals surface area contributed by atoms with Gasteiger partial charge in [-0.05, 0) is 18.1 Å². The van der Waals surface area contributed by atoms with E-state index >= 15 is 0 Å². The van der Waals surface area contributed by atoms with E-state index < -0.39 is 0 Å². The summed E-state index contributed by atoms with van der Waals surface area (Å²) in [5, 5.41) is 4.35. The predicted octanol–water partition coefficient (Wildman–Crippen LogP) is 4.26. The molecule has 98 valence electrons. The van der Waals surface area contributed by atoms with Gasteiger partial charge in [-0.25, -0.2) is 4.68 Å². The van der Waals surface area contributed by atoms with Crippen molar-refractivity contribution < 1.29 is 0 Å². The molecule has 0 aliphatic heterocycles. The fraction of sp³-hybridized carbons (Fsp3) is 0.0556. The van der Waals surface area contributed by atoms with Crippen LogP contribution in [0.15, 0.2) is 79.0 Å². The third kappa shape index (κ3) is 2.86. The van der Waals surface area contributed by atoms with Crippen LogP contribution in [0, 0.1) is 0 Å². The van der Waals surface area contributed by atoms with Crippen molar-refractivity contribution in [2.24, 2.45) is 0 Å². The smallest absolute Gasteiger partial charge is 0.0733 e. The Morgan fingerprint density at radius 3 is 2.30 bits per heavy atom. The van der Waals surface area contributed by atoms with E-state index in [1.54, 1.807) is 0 Å². The number of hydrogen-bond acceptors (Lipinski definition) is 1. The lowest BCUT2D eigenvalue weighted by atomic mass is 10.1. The van der Waals surface area contributed by atoms with Gasteiger partial charge in [0.15, 0.2) is 0 Å². The van der Waals surface area contributed by atoms with E-state index in [2.05, 4.69) is 47.6 Å². The average molecular weight is 260 g/mol. The fourth-order valence-corrected chi connectivity index (χ4v) is 2.17. The van der Waals surface area contributed by atoms with Crippen LogP contribution >= 0.6 is 0 Å². The second-order valence-electron chi connectivity index (χ2n) is 4.60. The Labute approximate surface area is 119 Å². The minimum absolute atomic E-state index is 0.912. The van der Waals surface area contributed by atoms with Gasteiger partial charge in [0.2, 0.25) is 0 Å². The van der Waals surface area contributed by atoms with Crippen molar-refractivity contribution in [3.63, 3.8) is 0 Å². The van der Waals surface area contributed by atoms with Crippen LogP contribution in [-0.4, -0.2) is 9.78 Å². The van der Waals surface area contributed by atoms with Gasteiger partial charge in [0, 0.05) is 18.0 Å². The number of rotatable bonds is 4. The topological polar surface area (TPSA) is 17.8 Å². The molecule has 3 rings (SSSR count). The summed E-state index contributed by atoms with van der Waals surface area (Å²) in [5.74, 6) is 0. The van der Waals surface area contributed by atoms with E-state index in [1.807, 2.05) is 47.4 Å². The first-order valence-corrected chi connectivity index (χ1v) is 6.73. The fourth-order valence-electron chi connectivity index (χ4n) is 2.17. The van der Waals surface area contributed by atoms with Crippen LogP contribution in [0.25, 0.3) is 17.5 Å². The van der Waals surface area contributed by atoms with E-state index in [-0.39, 0.29) is 0 Å². The molecule has 0 fully saturated rings. The van der Waals surface area contributed by atoms with Crippen molar-refractivity contribution in [2.75, 3.05) is 0 Å². The molecule has 0 N–H and O–H groups in total. The van der Waals surface area contributed by atoms with Crippen molar-refractivity contribution in [2.45, 2.75) is 6.42 Å². The molecule has 0 bridgehead atoms. The molecule has 0 atom stereocenters. The number of aromatic nitrogens is 2. The van der Waals surface area contributed by atoms with E-state index in [1.165, 1.54) is 11.1 Å². The summed E-state index contributed by atoms with van der Waals surface area (Å²) in [5.41, 5.74) is 3.58. The van der Waals surface area contributed by atoms with E-state index in [0.717, 1.165) is 12.1 Å². The average Bonchev–Trinajstić information content (AvgIpc) is 2.98. The molecule has 0 amide bonds. The third-order valence-electron chi connectivity index (χ3n) is 3.18. The molecule has 2 heteroatoms. The van der Waals surface area contributed by atoms with Crippen LogP contribution in [0.2, 0.25) is 0 Å². The van der Waals surface area contributed by atoms with E-state index in [4.69, 9.17) is 0 Å². The molecule has 1 heterocycles. The first-order valence-electron chi connectivity index (χ1n) is 6.73. The second-order valence-corrected chi connectivity index (χ2v) is 4.60. The molecule has 20 heavy (non-hydrogen) atoms. The highest BCUT2D eigenvalue weighted by atomic mass is 15.3. The molecular formula is C18H16N2. The van der Waals surface area contributed by atoms with Gasteiger partial charge >= 0.3 is 0 Å². The standard InChI is InChI=1S/C18H16N2/c1-3-8-16(9-4-1)10-7-15-20-18(13-14-19-20)17-11-5-2-6-12-17/h1-9,11-15H,10H2/b15-7-. The molecule has 0 saturated heterocycles. The molecule has 2 nitrogen and oxygen atoms in total. The molecule has 3 aromatic rings. The summed E-state index contributed by atoms with van der Waals surface area (Å²) < 4.78 is 1.91. The Morgan fingerprint density at radius 1 is 0.850 bits per heavy atom. The zero-order valence-corrected chi connectivity index (χ0v) is 11.2. The Kier molecular flexibility index (Phi) is 3.74. The highest BCUT2D eigenvalue weighted by Gasteiger charge is 2.01. The summed E-state index contributed by atoms with van der Waals surface area (Å²) in [4.78, 5) is 0. The zero-order valence-electron chi connectivity index (χ0n) is 11.2. The maximum atomic E-state index is 4.35. The number of benzene rings is 2.